The van der Waals surface area contributed by atoms with Crippen LogP contribution in [0.2, 0.25) is 5.02 Å². The Morgan fingerprint density at radius 2 is 1.66 bits per heavy atom. The summed E-state index contributed by atoms with van der Waals surface area (Å²) < 4.78 is 20.1. The quantitative estimate of drug-likeness (QED) is 0.655. The lowest BCUT2D eigenvalue weighted by Crippen LogP contribution is -2.47. The highest BCUT2D eigenvalue weighted by atomic mass is 35.5. The highest BCUT2D eigenvalue weighted by Crippen LogP contribution is 2.31. The van der Waals surface area contributed by atoms with Crippen LogP contribution in [0.3, 0.4) is 0 Å². The van der Waals surface area contributed by atoms with Crippen molar-refractivity contribution >= 4 is 23.0 Å². The predicted molar refractivity (Wildman–Crippen MR) is 112 cm³/mol. The number of halogens is 2. The van der Waals surface area contributed by atoms with Gasteiger partial charge in [-0.05, 0) is 24.3 Å². The molecule has 29 heavy (non-hydrogen) atoms. The second kappa shape index (κ2) is 8.13. The Morgan fingerprint density at radius 1 is 1.00 bits per heavy atom. The van der Waals surface area contributed by atoms with Gasteiger partial charge < -0.3 is 14.5 Å². The van der Waals surface area contributed by atoms with Gasteiger partial charge >= 0.3 is 0 Å². The third kappa shape index (κ3) is 3.78. The van der Waals surface area contributed by atoms with Crippen molar-refractivity contribution in [3.8, 4) is 11.4 Å². The van der Waals surface area contributed by atoms with Gasteiger partial charge in [0.1, 0.15) is 16.6 Å². The summed E-state index contributed by atoms with van der Waals surface area (Å²) in [6.07, 6.45) is 1.63. The third-order valence-corrected chi connectivity index (χ3v) is 5.36. The van der Waals surface area contributed by atoms with Crippen molar-refractivity contribution in [2.45, 2.75) is 0 Å². The molecule has 0 atom stereocenters. The van der Waals surface area contributed by atoms with Crippen LogP contribution in [0.1, 0.15) is 0 Å². The molecule has 0 saturated carbocycles. The van der Waals surface area contributed by atoms with E-state index in [0.717, 1.165) is 5.69 Å². The Bertz CT molecular complexity index is 1070. The molecular weight excluding hydrogens is 395 g/mol. The lowest BCUT2D eigenvalue weighted by molar-refractivity contribution is 0.410. The number of rotatable bonds is 4. The van der Waals surface area contributed by atoms with Crippen LogP contribution >= 0.6 is 11.6 Å². The molecule has 4 rings (SSSR count). The number of ether oxygens (including phenoxy) is 1. The van der Waals surface area contributed by atoms with E-state index in [1.54, 1.807) is 24.4 Å². The lowest BCUT2D eigenvalue weighted by Gasteiger charge is -2.37. The van der Waals surface area contributed by atoms with Gasteiger partial charge in [0.05, 0.1) is 30.4 Å². The van der Waals surface area contributed by atoms with Gasteiger partial charge in [0.25, 0.3) is 5.56 Å². The van der Waals surface area contributed by atoms with E-state index in [9.17, 15) is 9.18 Å². The largest absolute Gasteiger partial charge is 0.494 e. The molecule has 0 spiro atoms. The maximum absolute atomic E-state index is 13.5. The highest BCUT2D eigenvalue weighted by molar-refractivity contribution is 6.33. The first-order valence-electron chi connectivity index (χ1n) is 9.25. The first-order valence-corrected chi connectivity index (χ1v) is 9.63. The number of aromatic nitrogens is 2. The van der Waals surface area contributed by atoms with Crippen LogP contribution in [0.5, 0.6) is 5.75 Å². The van der Waals surface area contributed by atoms with Gasteiger partial charge in [0.2, 0.25) is 0 Å². The third-order valence-electron chi connectivity index (χ3n) is 5.00. The molecule has 2 heterocycles. The van der Waals surface area contributed by atoms with Gasteiger partial charge in [-0.15, -0.1) is 0 Å². The molecule has 0 N–H and O–H groups in total. The van der Waals surface area contributed by atoms with Crippen LogP contribution in [0, 0.1) is 5.82 Å². The fourth-order valence-corrected chi connectivity index (χ4v) is 3.75. The average Bonchev–Trinajstić information content (AvgIpc) is 2.76. The summed E-state index contributed by atoms with van der Waals surface area (Å²) in [5.74, 6) is 0.171. The molecule has 2 aromatic carbocycles. The van der Waals surface area contributed by atoms with Crippen molar-refractivity contribution in [2.75, 3.05) is 43.1 Å². The summed E-state index contributed by atoms with van der Waals surface area (Å²) in [7, 11) is 1.53. The summed E-state index contributed by atoms with van der Waals surface area (Å²) in [6.45, 7) is 2.66. The summed E-state index contributed by atoms with van der Waals surface area (Å²) in [4.78, 5) is 16.9. The van der Waals surface area contributed by atoms with E-state index < -0.39 is 0 Å². The topological polar surface area (TPSA) is 50.6 Å². The average molecular weight is 415 g/mol. The SMILES string of the molecule is COc1cc(F)ccc1N1CCN(c2cnn(-c3ccccc3)c(=O)c2Cl)CC1. The summed E-state index contributed by atoms with van der Waals surface area (Å²) in [5.41, 5.74) is 1.78. The molecule has 1 aliphatic heterocycles. The zero-order chi connectivity index (χ0) is 20.4. The van der Waals surface area contributed by atoms with Crippen molar-refractivity contribution in [3.63, 3.8) is 0 Å². The molecule has 1 aromatic heterocycles. The molecule has 8 heteroatoms. The molecule has 0 unspecified atom stereocenters. The van der Waals surface area contributed by atoms with Crippen molar-refractivity contribution in [1.29, 1.82) is 0 Å². The highest BCUT2D eigenvalue weighted by Gasteiger charge is 2.23. The number of methoxy groups -OCH3 is 1. The van der Waals surface area contributed by atoms with E-state index in [1.165, 1.54) is 23.9 Å². The predicted octanol–water partition coefficient (Wildman–Crippen LogP) is 3.36. The molecule has 3 aromatic rings. The van der Waals surface area contributed by atoms with Gasteiger partial charge in [-0.3, -0.25) is 4.79 Å². The standard InChI is InChI=1S/C21H20ClFN4O2/c1-29-19-13-15(23)7-8-17(19)25-9-11-26(12-10-25)18-14-24-27(21(28)20(18)22)16-5-3-2-4-6-16/h2-8,13-14H,9-12H2,1H3. The number of anilines is 2. The molecule has 0 aliphatic carbocycles. The van der Waals surface area contributed by atoms with Gasteiger partial charge in [0.15, 0.2) is 0 Å². The van der Waals surface area contributed by atoms with Crippen LogP contribution in [0.15, 0.2) is 59.5 Å². The molecule has 1 aliphatic rings. The van der Waals surface area contributed by atoms with Crippen molar-refractivity contribution in [2.24, 2.45) is 0 Å². The minimum Gasteiger partial charge on any atom is -0.494 e. The number of hydrogen-bond acceptors (Lipinski definition) is 5. The molecule has 0 radical (unpaired) electrons. The first kappa shape index (κ1) is 19.3. The summed E-state index contributed by atoms with van der Waals surface area (Å²) in [5, 5.41) is 4.45. The lowest BCUT2D eigenvalue weighted by atomic mass is 10.2. The molecule has 1 saturated heterocycles. The van der Waals surface area contributed by atoms with Crippen molar-refractivity contribution < 1.29 is 9.13 Å². The fourth-order valence-electron chi connectivity index (χ4n) is 3.50. The molecule has 0 amide bonds. The smallest absolute Gasteiger partial charge is 0.292 e. The molecular formula is C21H20ClFN4O2. The van der Waals surface area contributed by atoms with Crippen LogP contribution in [-0.2, 0) is 0 Å². The number of benzene rings is 2. The maximum atomic E-state index is 13.5. The Balaban J connectivity index is 1.53. The van der Waals surface area contributed by atoms with Gasteiger partial charge in [0, 0.05) is 32.2 Å². The van der Waals surface area contributed by atoms with E-state index in [4.69, 9.17) is 16.3 Å². The van der Waals surface area contributed by atoms with Crippen LogP contribution in [-0.4, -0.2) is 43.1 Å². The number of para-hydroxylation sites is 1. The fraction of sp³-hybridized carbons (Fsp3) is 0.238. The monoisotopic (exact) mass is 414 g/mol. The zero-order valence-corrected chi connectivity index (χ0v) is 16.6. The second-order valence-corrected chi connectivity index (χ2v) is 7.06. The Hall–Kier alpha value is -3.06. The van der Waals surface area contributed by atoms with Crippen LogP contribution in [0.25, 0.3) is 5.69 Å². The van der Waals surface area contributed by atoms with Crippen molar-refractivity contribution in [3.05, 3.63) is 75.9 Å². The minimum absolute atomic E-state index is 0.150. The van der Waals surface area contributed by atoms with Gasteiger partial charge in [-0.1, -0.05) is 29.8 Å². The number of nitrogens with zero attached hydrogens (tertiary/aromatic N) is 4. The Kier molecular flexibility index (Phi) is 5.40. The minimum atomic E-state index is -0.349. The molecule has 0 bridgehead atoms. The molecule has 6 nitrogen and oxygen atoms in total. The van der Waals surface area contributed by atoms with E-state index in [1.807, 2.05) is 23.1 Å². The van der Waals surface area contributed by atoms with Gasteiger partial charge in [-0.25, -0.2) is 4.39 Å². The van der Waals surface area contributed by atoms with E-state index >= 15 is 0 Å². The summed E-state index contributed by atoms with van der Waals surface area (Å²) in [6, 6.07) is 13.7. The van der Waals surface area contributed by atoms with Crippen LogP contribution in [0.4, 0.5) is 15.8 Å². The zero-order valence-electron chi connectivity index (χ0n) is 15.9. The van der Waals surface area contributed by atoms with Gasteiger partial charge in [-0.2, -0.15) is 9.78 Å². The molecule has 1 fully saturated rings. The first-order chi connectivity index (χ1) is 14.1. The van der Waals surface area contributed by atoms with E-state index in [-0.39, 0.29) is 16.4 Å². The molecule has 150 valence electrons. The van der Waals surface area contributed by atoms with Crippen LogP contribution < -0.4 is 20.1 Å². The summed E-state index contributed by atoms with van der Waals surface area (Å²) >= 11 is 6.41. The second-order valence-electron chi connectivity index (χ2n) is 6.69. The number of piperazine rings is 1. The normalized spacial score (nSPS) is 14.2. The Labute approximate surface area is 172 Å². The van der Waals surface area contributed by atoms with Crippen molar-refractivity contribution in [1.82, 2.24) is 9.78 Å². The Morgan fingerprint density at radius 3 is 2.31 bits per heavy atom. The maximum Gasteiger partial charge on any atom is 0.292 e. The van der Waals surface area contributed by atoms with E-state index in [2.05, 4.69) is 10.00 Å². The van der Waals surface area contributed by atoms with E-state index in [0.29, 0.717) is 43.3 Å². The number of hydrogen-bond donors (Lipinski definition) is 0.